The second-order valence-corrected chi connectivity index (χ2v) is 4.87. The number of aryl methyl sites for hydroxylation is 1. The van der Waals surface area contributed by atoms with Crippen LogP contribution in [0.4, 0.5) is 0 Å². The minimum atomic E-state index is 0.263. The molecule has 4 nitrogen and oxygen atoms in total. The van der Waals surface area contributed by atoms with Gasteiger partial charge < -0.3 is 5.32 Å². The summed E-state index contributed by atoms with van der Waals surface area (Å²) in [5, 5.41) is 11.0. The zero-order valence-electron chi connectivity index (χ0n) is 9.77. The highest BCUT2D eigenvalue weighted by Crippen LogP contribution is 2.16. The Hall–Kier alpha value is -1.20. The second-order valence-electron chi connectivity index (χ2n) is 3.95. The van der Waals surface area contributed by atoms with Crippen LogP contribution in [0.1, 0.15) is 29.9 Å². The highest BCUT2D eigenvalue weighted by atomic mass is 79.9. The molecule has 1 heterocycles. The summed E-state index contributed by atoms with van der Waals surface area (Å²) in [6.07, 6.45) is 0. The van der Waals surface area contributed by atoms with Crippen LogP contribution in [0.5, 0.6) is 0 Å². The Morgan fingerprint density at radius 1 is 1.29 bits per heavy atom. The SMILES string of the molecule is Cc1nonc1CNC(C)c1ccc(Br)cc1. The fraction of sp³-hybridized carbons (Fsp3) is 0.333. The first kappa shape index (κ1) is 12.3. The third-order valence-electron chi connectivity index (χ3n) is 2.69. The maximum atomic E-state index is 4.65. The van der Waals surface area contributed by atoms with E-state index in [1.54, 1.807) is 0 Å². The maximum Gasteiger partial charge on any atom is 0.121 e. The highest BCUT2D eigenvalue weighted by molar-refractivity contribution is 9.10. The van der Waals surface area contributed by atoms with Gasteiger partial charge in [-0.3, -0.25) is 0 Å². The van der Waals surface area contributed by atoms with E-state index in [0.29, 0.717) is 6.54 Å². The van der Waals surface area contributed by atoms with Crippen LogP contribution in [-0.4, -0.2) is 10.3 Å². The van der Waals surface area contributed by atoms with Crippen molar-refractivity contribution in [1.29, 1.82) is 0 Å². The van der Waals surface area contributed by atoms with E-state index in [1.807, 2.05) is 19.1 Å². The van der Waals surface area contributed by atoms with Crippen molar-refractivity contribution in [3.63, 3.8) is 0 Å². The van der Waals surface area contributed by atoms with E-state index in [-0.39, 0.29) is 6.04 Å². The molecule has 0 fully saturated rings. The first-order valence-electron chi connectivity index (χ1n) is 5.43. The van der Waals surface area contributed by atoms with Crippen LogP contribution in [0.15, 0.2) is 33.4 Å². The molecule has 1 unspecified atom stereocenters. The molecule has 0 saturated carbocycles. The molecule has 0 saturated heterocycles. The third kappa shape index (κ3) is 3.14. The standard InChI is InChI=1S/C12H14BrN3O/c1-8(10-3-5-11(13)6-4-10)14-7-12-9(2)15-17-16-12/h3-6,8,14H,7H2,1-2H3. The lowest BCUT2D eigenvalue weighted by molar-refractivity contribution is 0.300. The smallest absolute Gasteiger partial charge is 0.121 e. The van der Waals surface area contributed by atoms with Crippen molar-refractivity contribution in [3.8, 4) is 0 Å². The van der Waals surface area contributed by atoms with Crippen LogP contribution >= 0.6 is 15.9 Å². The molecule has 0 aliphatic rings. The molecule has 0 amide bonds. The van der Waals surface area contributed by atoms with Gasteiger partial charge in [-0.2, -0.15) is 0 Å². The number of aromatic nitrogens is 2. The summed E-state index contributed by atoms with van der Waals surface area (Å²) in [5.74, 6) is 0. The van der Waals surface area contributed by atoms with Crippen molar-refractivity contribution in [2.75, 3.05) is 0 Å². The molecule has 0 radical (unpaired) electrons. The van der Waals surface area contributed by atoms with Crippen LogP contribution in [0, 0.1) is 6.92 Å². The molecular weight excluding hydrogens is 282 g/mol. The van der Waals surface area contributed by atoms with Crippen molar-refractivity contribution < 1.29 is 4.63 Å². The summed E-state index contributed by atoms with van der Waals surface area (Å²) in [6.45, 7) is 4.66. The molecule has 2 aromatic rings. The lowest BCUT2D eigenvalue weighted by atomic mass is 10.1. The number of hydrogen-bond acceptors (Lipinski definition) is 4. The molecule has 5 heteroatoms. The molecule has 1 atom stereocenters. The molecule has 1 N–H and O–H groups in total. The van der Waals surface area contributed by atoms with Crippen LogP contribution in [0.3, 0.4) is 0 Å². The Morgan fingerprint density at radius 3 is 2.59 bits per heavy atom. The fourth-order valence-electron chi connectivity index (χ4n) is 1.53. The van der Waals surface area contributed by atoms with Crippen molar-refractivity contribution in [3.05, 3.63) is 45.7 Å². The predicted molar refractivity (Wildman–Crippen MR) is 68.4 cm³/mol. The Bertz CT molecular complexity index is 481. The minimum Gasteiger partial charge on any atom is -0.304 e. The zero-order valence-corrected chi connectivity index (χ0v) is 11.4. The van der Waals surface area contributed by atoms with E-state index in [0.717, 1.165) is 15.9 Å². The van der Waals surface area contributed by atoms with Gasteiger partial charge >= 0.3 is 0 Å². The van der Waals surface area contributed by atoms with E-state index in [2.05, 4.69) is 55.2 Å². The monoisotopic (exact) mass is 295 g/mol. The molecule has 17 heavy (non-hydrogen) atoms. The zero-order chi connectivity index (χ0) is 12.3. The Labute approximate surface area is 109 Å². The fourth-order valence-corrected chi connectivity index (χ4v) is 1.79. The van der Waals surface area contributed by atoms with Gasteiger partial charge in [-0.15, -0.1) is 0 Å². The van der Waals surface area contributed by atoms with E-state index in [4.69, 9.17) is 0 Å². The van der Waals surface area contributed by atoms with Gasteiger partial charge in [0, 0.05) is 17.1 Å². The molecule has 0 aliphatic heterocycles. The summed E-state index contributed by atoms with van der Waals surface area (Å²) < 4.78 is 5.74. The maximum absolute atomic E-state index is 4.65. The quantitative estimate of drug-likeness (QED) is 0.942. The van der Waals surface area contributed by atoms with Gasteiger partial charge in [-0.1, -0.05) is 38.4 Å². The van der Waals surface area contributed by atoms with E-state index in [9.17, 15) is 0 Å². The van der Waals surface area contributed by atoms with Gasteiger partial charge in [0.05, 0.1) is 0 Å². The van der Waals surface area contributed by atoms with Crippen LogP contribution in [0.2, 0.25) is 0 Å². The van der Waals surface area contributed by atoms with Gasteiger partial charge in [-0.05, 0) is 31.5 Å². The lowest BCUT2D eigenvalue weighted by Gasteiger charge is -2.13. The molecule has 1 aromatic heterocycles. The number of nitrogens with one attached hydrogen (secondary N) is 1. The van der Waals surface area contributed by atoms with Crippen molar-refractivity contribution >= 4 is 15.9 Å². The topological polar surface area (TPSA) is 51.0 Å². The second kappa shape index (κ2) is 5.42. The average molecular weight is 296 g/mol. The first-order valence-corrected chi connectivity index (χ1v) is 6.23. The third-order valence-corrected chi connectivity index (χ3v) is 3.22. The summed E-state index contributed by atoms with van der Waals surface area (Å²) in [6, 6.07) is 8.53. The van der Waals surface area contributed by atoms with Crippen LogP contribution < -0.4 is 5.32 Å². The van der Waals surface area contributed by atoms with E-state index in [1.165, 1.54) is 5.56 Å². The molecule has 0 bridgehead atoms. The highest BCUT2D eigenvalue weighted by Gasteiger charge is 2.08. The number of benzene rings is 1. The Balaban J connectivity index is 1.95. The molecule has 0 spiro atoms. The van der Waals surface area contributed by atoms with Crippen LogP contribution in [-0.2, 0) is 6.54 Å². The molecular formula is C12H14BrN3O. The normalized spacial score (nSPS) is 12.6. The summed E-state index contributed by atoms with van der Waals surface area (Å²) in [7, 11) is 0. The Morgan fingerprint density at radius 2 is 2.00 bits per heavy atom. The van der Waals surface area contributed by atoms with Gasteiger partial charge in [0.1, 0.15) is 11.4 Å². The van der Waals surface area contributed by atoms with Crippen molar-refractivity contribution in [2.24, 2.45) is 0 Å². The van der Waals surface area contributed by atoms with Gasteiger partial charge in [0.25, 0.3) is 0 Å². The number of rotatable bonds is 4. The largest absolute Gasteiger partial charge is 0.304 e. The summed E-state index contributed by atoms with van der Waals surface area (Å²) in [5.41, 5.74) is 2.93. The van der Waals surface area contributed by atoms with Gasteiger partial charge in [0.2, 0.25) is 0 Å². The number of nitrogens with zero attached hydrogens (tertiary/aromatic N) is 2. The van der Waals surface area contributed by atoms with E-state index < -0.39 is 0 Å². The minimum absolute atomic E-state index is 0.263. The Kier molecular flexibility index (Phi) is 3.91. The summed E-state index contributed by atoms with van der Waals surface area (Å²) >= 11 is 3.42. The summed E-state index contributed by atoms with van der Waals surface area (Å²) in [4.78, 5) is 0. The lowest BCUT2D eigenvalue weighted by Crippen LogP contribution is -2.18. The molecule has 1 aromatic carbocycles. The van der Waals surface area contributed by atoms with Gasteiger partial charge in [0.15, 0.2) is 0 Å². The average Bonchev–Trinajstić information content (AvgIpc) is 2.73. The molecule has 90 valence electrons. The molecule has 0 aliphatic carbocycles. The first-order chi connectivity index (χ1) is 8.16. The van der Waals surface area contributed by atoms with Crippen molar-refractivity contribution in [2.45, 2.75) is 26.4 Å². The number of hydrogen-bond donors (Lipinski definition) is 1. The van der Waals surface area contributed by atoms with Crippen molar-refractivity contribution in [1.82, 2.24) is 15.6 Å². The molecule has 2 rings (SSSR count). The van der Waals surface area contributed by atoms with Gasteiger partial charge in [-0.25, -0.2) is 4.63 Å². The van der Waals surface area contributed by atoms with E-state index >= 15 is 0 Å². The number of halogens is 1. The van der Waals surface area contributed by atoms with Crippen LogP contribution in [0.25, 0.3) is 0 Å². The predicted octanol–water partition coefficient (Wildman–Crippen LogP) is 2.99.